The van der Waals surface area contributed by atoms with E-state index in [1.165, 1.54) is 18.3 Å². The van der Waals surface area contributed by atoms with Crippen molar-refractivity contribution >= 4 is 23.8 Å². The number of rotatable bonds is 5. The van der Waals surface area contributed by atoms with Gasteiger partial charge in [-0.3, -0.25) is 14.9 Å². The predicted molar refractivity (Wildman–Crippen MR) is 108 cm³/mol. The molecule has 1 fully saturated rings. The van der Waals surface area contributed by atoms with Gasteiger partial charge in [0.1, 0.15) is 17.1 Å². The first kappa shape index (κ1) is 19.1. The number of urea groups is 1. The summed E-state index contributed by atoms with van der Waals surface area (Å²) in [6, 6.07) is 17.5. The normalized spacial score (nSPS) is 18.8. The van der Waals surface area contributed by atoms with Crippen LogP contribution in [-0.4, -0.2) is 28.1 Å². The Morgan fingerprint density at radius 3 is 2.43 bits per heavy atom. The molecule has 3 aromatic rings. The number of amides is 3. The summed E-state index contributed by atoms with van der Waals surface area (Å²) in [6.07, 6.45) is 1.27. The van der Waals surface area contributed by atoms with Crippen molar-refractivity contribution in [3.05, 3.63) is 88.2 Å². The van der Waals surface area contributed by atoms with E-state index in [0.29, 0.717) is 22.6 Å². The largest absolute Gasteiger partial charge is 0.455 e. The Morgan fingerprint density at radius 1 is 1.07 bits per heavy atom. The standard InChI is InChI=1S/C21H16N4O5/c1-21(15-5-3-2-4-6-15)19(26)24(20(27)23-21)22-13-17-11-12-18(30-17)14-7-9-16(10-8-14)25(28)29/h2-13H,1H3,(H,23,27)/b22-13-/t21-/m0/s1. The smallest absolute Gasteiger partial charge is 0.346 e. The van der Waals surface area contributed by atoms with Gasteiger partial charge in [-0.2, -0.15) is 5.10 Å². The SMILES string of the molecule is C[C@@]1(c2ccccc2)NC(=O)N(/N=C\c2ccc(-c3ccc([N+](=O)[O-])cc3)o2)C1=O. The second-order valence-corrected chi connectivity index (χ2v) is 6.79. The van der Waals surface area contributed by atoms with E-state index >= 15 is 0 Å². The highest BCUT2D eigenvalue weighted by molar-refractivity contribution is 6.07. The van der Waals surface area contributed by atoms with Crippen molar-refractivity contribution in [3.63, 3.8) is 0 Å². The van der Waals surface area contributed by atoms with Crippen molar-refractivity contribution in [3.8, 4) is 11.3 Å². The molecule has 1 aromatic heterocycles. The van der Waals surface area contributed by atoms with Gasteiger partial charge < -0.3 is 9.73 Å². The summed E-state index contributed by atoms with van der Waals surface area (Å²) in [5.41, 5.74) is 0.0708. The van der Waals surface area contributed by atoms with E-state index in [2.05, 4.69) is 10.4 Å². The zero-order valence-electron chi connectivity index (χ0n) is 15.8. The van der Waals surface area contributed by atoms with Crippen LogP contribution >= 0.6 is 0 Å². The van der Waals surface area contributed by atoms with Gasteiger partial charge in [0.25, 0.3) is 11.6 Å². The molecule has 1 atom stereocenters. The molecule has 150 valence electrons. The molecule has 1 aliphatic rings. The quantitative estimate of drug-likeness (QED) is 0.301. The average Bonchev–Trinajstić information content (AvgIpc) is 3.31. The number of hydrogen-bond donors (Lipinski definition) is 1. The van der Waals surface area contributed by atoms with E-state index in [1.54, 1.807) is 55.5 Å². The fourth-order valence-corrected chi connectivity index (χ4v) is 3.14. The first-order chi connectivity index (χ1) is 14.4. The Kier molecular flexibility index (Phi) is 4.63. The topological polar surface area (TPSA) is 118 Å². The highest BCUT2D eigenvalue weighted by Crippen LogP contribution is 2.29. The second-order valence-electron chi connectivity index (χ2n) is 6.79. The summed E-state index contributed by atoms with van der Waals surface area (Å²) >= 11 is 0. The van der Waals surface area contributed by atoms with Gasteiger partial charge in [-0.1, -0.05) is 30.3 Å². The summed E-state index contributed by atoms with van der Waals surface area (Å²) in [5, 5.41) is 18.2. The molecule has 0 unspecified atom stereocenters. The third-order valence-corrected chi connectivity index (χ3v) is 4.81. The number of non-ortho nitro benzene ring substituents is 1. The number of nitro benzene ring substituents is 1. The fraction of sp³-hybridized carbons (Fsp3) is 0.0952. The van der Waals surface area contributed by atoms with Crippen LogP contribution in [0.25, 0.3) is 11.3 Å². The van der Waals surface area contributed by atoms with Crippen LogP contribution in [0.1, 0.15) is 18.2 Å². The van der Waals surface area contributed by atoms with Crippen molar-refractivity contribution in [2.24, 2.45) is 5.10 Å². The summed E-state index contributed by atoms with van der Waals surface area (Å²) in [6.45, 7) is 1.62. The Balaban J connectivity index is 1.52. The van der Waals surface area contributed by atoms with Crippen molar-refractivity contribution in [1.82, 2.24) is 10.3 Å². The Hall–Kier alpha value is -4.27. The number of hydrazone groups is 1. The van der Waals surface area contributed by atoms with Crippen LogP contribution in [0.4, 0.5) is 10.5 Å². The highest BCUT2D eigenvalue weighted by atomic mass is 16.6. The molecule has 1 saturated heterocycles. The monoisotopic (exact) mass is 404 g/mol. The lowest BCUT2D eigenvalue weighted by Crippen LogP contribution is -2.40. The summed E-state index contributed by atoms with van der Waals surface area (Å²) < 4.78 is 5.65. The number of furan rings is 1. The molecular formula is C21H16N4O5. The Labute approximate surface area is 170 Å². The lowest BCUT2D eigenvalue weighted by Gasteiger charge is -2.20. The zero-order valence-corrected chi connectivity index (χ0v) is 15.8. The van der Waals surface area contributed by atoms with Crippen LogP contribution in [0.3, 0.4) is 0 Å². The number of carbonyl (C=O) groups is 2. The van der Waals surface area contributed by atoms with Gasteiger partial charge >= 0.3 is 6.03 Å². The predicted octanol–water partition coefficient (Wildman–Crippen LogP) is 3.66. The molecule has 1 N–H and O–H groups in total. The lowest BCUT2D eigenvalue weighted by atomic mass is 9.92. The molecular weight excluding hydrogens is 388 g/mol. The maximum absolute atomic E-state index is 12.8. The molecule has 0 saturated carbocycles. The van der Waals surface area contributed by atoms with Gasteiger partial charge in [-0.05, 0) is 36.8 Å². The molecule has 1 aliphatic heterocycles. The number of benzene rings is 2. The molecule has 9 nitrogen and oxygen atoms in total. The van der Waals surface area contributed by atoms with Crippen molar-refractivity contribution in [2.75, 3.05) is 0 Å². The van der Waals surface area contributed by atoms with Crippen LogP contribution in [0.5, 0.6) is 0 Å². The number of carbonyl (C=O) groups excluding carboxylic acids is 2. The Bertz CT molecular complexity index is 1150. The molecule has 0 spiro atoms. The summed E-state index contributed by atoms with van der Waals surface area (Å²) in [4.78, 5) is 35.4. The molecule has 2 aromatic carbocycles. The van der Waals surface area contributed by atoms with E-state index in [-0.39, 0.29) is 5.69 Å². The van der Waals surface area contributed by atoms with Crippen LogP contribution in [0.15, 0.2) is 76.2 Å². The maximum atomic E-state index is 12.8. The van der Waals surface area contributed by atoms with Crippen LogP contribution in [0, 0.1) is 10.1 Å². The van der Waals surface area contributed by atoms with Crippen LogP contribution in [0.2, 0.25) is 0 Å². The van der Waals surface area contributed by atoms with E-state index < -0.39 is 22.4 Å². The molecule has 3 amide bonds. The van der Waals surface area contributed by atoms with Crippen molar-refractivity contribution < 1.29 is 18.9 Å². The van der Waals surface area contributed by atoms with Crippen molar-refractivity contribution in [1.29, 1.82) is 0 Å². The van der Waals surface area contributed by atoms with Crippen molar-refractivity contribution in [2.45, 2.75) is 12.5 Å². The number of nitrogens with one attached hydrogen (secondary N) is 1. The van der Waals surface area contributed by atoms with E-state index in [9.17, 15) is 19.7 Å². The number of imide groups is 1. The third-order valence-electron chi connectivity index (χ3n) is 4.81. The number of nitrogens with zero attached hydrogens (tertiary/aromatic N) is 3. The molecule has 30 heavy (non-hydrogen) atoms. The van der Waals surface area contributed by atoms with Gasteiger partial charge in [0.2, 0.25) is 0 Å². The lowest BCUT2D eigenvalue weighted by molar-refractivity contribution is -0.384. The molecule has 0 aliphatic carbocycles. The average molecular weight is 404 g/mol. The van der Waals surface area contributed by atoms with E-state index in [4.69, 9.17) is 4.42 Å². The minimum atomic E-state index is -1.21. The first-order valence-corrected chi connectivity index (χ1v) is 8.99. The summed E-state index contributed by atoms with van der Waals surface area (Å²) in [5.74, 6) is 0.284. The van der Waals surface area contributed by atoms with Gasteiger partial charge in [0, 0.05) is 17.7 Å². The van der Waals surface area contributed by atoms with Gasteiger partial charge in [-0.25, -0.2) is 4.79 Å². The molecule has 0 radical (unpaired) electrons. The van der Waals surface area contributed by atoms with E-state index in [1.807, 2.05) is 6.07 Å². The second kappa shape index (κ2) is 7.28. The van der Waals surface area contributed by atoms with E-state index in [0.717, 1.165) is 5.01 Å². The third kappa shape index (κ3) is 3.32. The highest BCUT2D eigenvalue weighted by Gasteiger charge is 2.49. The minimum Gasteiger partial charge on any atom is -0.455 e. The van der Waals surface area contributed by atoms with Crippen LogP contribution < -0.4 is 5.32 Å². The van der Waals surface area contributed by atoms with Crippen LogP contribution in [-0.2, 0) is 10.3 Å². The Morgan fingerprint density at radius 2 is 1.77 bits per heavy atom. The zero-order chi connectivity index (χ0) is 21.3. The molecule has 2 heterocycles. The molecule has 0 bridgehead atoms. The number of nitro groups is 1. The molecule has 4 rings (SSSR count). The maximum Gasteiger partial charge on any atom is 0.346 e. The van der Waals surface area contributed by atoms with Gasteiger partial charge in [0.05, 0.1) is 11.1 Å². The fourth-order valence-electron chi connectivity index (χ4n) is 3.14. The summed E-state index contributed by atoms with van der Waals surface area (Å²) in [7, 11) is 0. The van der Waals surface area contributed by atoms with Gasteiger partial charge in [0.15, 0.2) is 0 Å². The number of hydrogen-bond acceptors (Lipinski definition) is 6. The minimum absolute atomic E-state index is 0.0212. The molecule has 9 heteroatoms. The van der Waals surface area contributed by atoms with Gasteiger partial charge in [-0.15, -0.1) is 5.01 Å². The first-order valence-electron chi connectivity index (χ1n) is 8.99.